The SMILES string of the molecule is C1=CC2C(C1)CC2NCc1ccno1. The van der Waals surface area contributed by atoms with Crippen LogP contribution in [0.15, 0.2) is 28.9 Å². The molecule has 3 unspecified atom stereocenters. The molecular formula is C11H14N2O. The van der Waals surface area contributed by atoms with Gasteiger partial charge in [-0.3, -0.25) is 0 Å². The molecule has 3 atom stereocenters. The minimum atomic E-state index is 0.656. The quantitative estimate of drug-likeness (QED) is 0.738. The van der Waals surface area contributed by atoms with Crippen molar-refractivity contribution >= 4 is 0 Å². The Hall–Kier alpha value is -1.09. The number of hydrogen-bond acceptors (Lipinski definition) is 3. The maximum absolute atomic E-state index is 5.03. The minimum absolute atomic E-state index is 0.656. The van der Waals surface area contributed by atoms with Crippen molar-refractivity contribution in [1.29, 1.82) is 0 Å². The van der Waals surface area contributed by atoms with E-state index in [9.17, 15) is 0 Å². The van der Waals surface area contributed by atoms with E-state index in [1.54, 1.807) is 6.20 Å². The van der Waals surface area contributed by atoms with Crippen molar-refractivity contribution in [2.24, 2.45) is 11.8 Å². The highest BCUT2D eigenvalue weighted by Gasteiger charge is 2.40. The highest BCUT2D eigenvalue weighted by molar-refractivity contribution is 5.13. The van der Waals surface area contributed by atoms with Crippen LogP contribution in [0.25, 0.3) is 0 Å². The molecule has 3 rings (SSSR count). The van der Waals surface area contributed by atoms with Crippen molar-refractivity contribution in [3.05, 3.63) is 30.2 Å². The fourth-order valence-electron chi connectivity index (χ4n) is 2.51. The first kappa shape index (κ1) is 8.24. The van der Waals surface area contributed by atoms with Crippen molar-refractivity contribution in [3.63, 3.8) is 0 Å². The lowest BCUT2D eigenvalue weighted by Gasteiger charge is -2.40. The molecule has 74 valence electrons. The summed E-state index contributed by atoms with van der Waals surface area (Å²) < 4.78 is 5.03. The van der Waals surface area contributed by atoms with Gasteiger partial charge >= 0.3 is 0 Å². The summed E-state index contributed by atoms with van der Waals surface area (Å²) in [6, 6.07) is 2.57. The van der Waals surface area contributed by atoms with E-state index < -0.39 is 0 Å². The van der Waals surface area contributed by atoms with Gasteiger partial charge in [0.15, 0.2) is 0 Å². The largest absolute Gasteiger partial charge is 0.360 e. The second kappa shape index (κ2) is 3.24. The third-order valence-electron chi connectivity index (χ3n) is 3.39. The average Bonchev–Trinajstić information content (AvgIpc) is 2.76. The van der Waals surface area contributed by atoms with Crippen molar-refractivity contribution in [2.45, 2.75) is 25.4 Å². The zero-order valence-electron chi connectivity index (χ0n) is 8.02. The van der Waals surface area contributed by atoms with Gasteiger partial charge in [0, 0.05) is 12.1 Å². The number of allylic oxidation sites excluding steroid dienone is 1. The Morgan fingerprint density at radius 2 is 2.57 bits per heavy atom. The Morgan fingerprint density at radius 3 is 3.36 bits per heavy atom. The molecule has 2 aliphatic rings. The molecule has 0 aromatic carbocycles. The van der Waals surface area contributed by atoms with Gasteiger partial charge < -0.3 is 9.84 Å². The fourth-order valence-corrected chi connectivity index (χ4v) is 2.51. The second-order valence-corrected chi connectivity index (χ2v) is 4.20. The molecule has 3 heteroatoms. The van der Waals surface area contributed by atoms with E-state index in [-0.39, 0.29) is 0 Å². The van der Waals surface area contributed by atoms with Crippen LogP contribution in [0.5, 0.6) is 0 Å². The Balaban J connectivity index is 1.52. The van der Waals surface area contributed by atoms with Crippen LogP contribution in [0.4, 0.5) is 0 Å². The molecule has 1 heterocycles. The van der Waals surface area contributed by atoms with Crippen molar-refractivity contribution in [3.8, 4) is 0 Å². The lowest BCUT2D eigenvalue weighted by atomic mass is 9.71. The summed E-state index contributed by atoms with van der Waals surface area (Å²) in [5.74, 6) is 2.62. The normalized spacial score (nSPS) is 34.1. The summed E-state index contributed by atoms with van der Waals surface area (Å²) in [5, 5.41) is 7.19. The number of aromatic nitrogens is 1. The van der Waals surface area contributed by atoms with Crippen LogP contribution >= 0.6 is 0 Å². The first-order valence-corrected chi connectivity index (χ1v) is 5.23. The predicted octanol–water partition coefficient (Wildman–Crippen LogP) is 1.73. The van der Waals surface area contributed by atoms with Crippen molar-refractivity contribution < 1.29 is 4.52 Å². The maximum atomic E-state index is 5.03. The molecular weight excluding hydrogens is 176 g/mol. The standard InChI is InChI=1S/C11H14N2O/c1-2-8-6-11(10(8)3-1)12-7-9-4-5-13-14-9/h1,3-5,8,10-12H,2,6-7H2. The van der Waals surface area contributed by atoms with Crippen LogP contribution in [0.1, 0.15) is 18.6 Å². The van der Waals surface area contributed by atoms with Crippen LogP contribution < -0.4 is 5.32 Å². The highest BCUT2D eigenvalue weighted by Crippen LogP contribution is 2.42. The predicted molar refractivity (Wildman–Crippen MR) is 52.5 cm³/mol. The maximum Gasteiger partial charge on any atom is 0.150 e. The zero-order valence-corrected chi connectivity index (χ0v) is 8.02. The highest BCUT2D eigenvalue weighted by atomic mass is 16.5. The summed E-state index contributed by atoms with van der Waals surface area (Å²) in [6.07, 6.45) is 8.95. The Bertz CT molecular complexity index is 331. The molecule has 1 fully saturated rings. The molecule has 1 aromatic rings. The molecule has 0 spiro atoms. The zero-order chi connectivity index (χ0) is 9.38. The molecule has 0 saturated heterocycles. The van der Waals surface area contributed by atoms with E-state index in [0.29, 0.717) is 6.04 Å². The first-order valence-electron chi connectivity index (χ1n) is 5.23. The molecule has 14 heavy (non-hydrogen) atoms. The second-order valence-electron chi connectivity index (χ2n) is 4.20. The number of nitrogens with one attached hydrogen (secondary N) is 1. The molecule has 0 aliphatic heterocycles. The summed E-state index contributed by atoms with van der Waals surface area (Å²) >= 11 is 0. The van der Waals surface area contributed by atoms with Gasteiger partial charge in [-0.2, -0.15) is 0 Å². The van der Waals surface area contributed by atoms with E-state index in [1.165, 1.54) is 12.8 Å². The van der Waals surface area contributed by atoms with E-state index in [2.05, 4.69) is 22.6 Å². The third kappa shape index (κ3) is 1.28. The van der Waals surface area contributed by atoms with E-state index in [4.69, 9.17) is 4.52 Å². The summed E-state index contributed by atoms with van der Waals surface area (Å²) in [6.45, 7) is 0.807. The molecule has 1 N–H and O–H groups in total. The number of hydrogen-bond donors (Lipinski definition) is 1. The molecule has 0 bridgehead atoms. The van der Waals surface area contributed by atoms with E-state index in [0.717, 1.165) is 24.1 Å². The Morgan fingerprint density at radius 1 is 1.57 bits per heavy atom. The fraction of sp³-hybridized carbons (Fsp3) is 0.545. The number of rotatable bonds is 3. The van der Waals surface area contributed by atoms with Gasteiger partial charge in [-0.05, 0) is 24.7 Å². The van der Waals surface area contributed by atoms with Crippen LogP contribution in [-0.2, 0) is 6.54 Å². The third-order valence-corrected chi connectivity index (χ3v) is 3.39. The molecule has 2 aliphatic carbocycles. The Labute approximate surface area is 83.2 Å². The Kier molecular flexibility index (Phi) is 1.91. The summed E-state index contributed by atoms with van der Waals surface area (Å²) in [5.41, 5.74) is 0. The minimum Gasteiger partial charge on any atom is -0.360 e. The summed E-state index contributed by atoms with van der Waals surface area (Å²) in [7, 11) is 0. The molecule has 1 saturated carbocycles. The smallest absolute Gasteiger partial charge is 0.150 e. The van der Waals surface area contributed by atoms with Gasteiger partial charge in [-0.1, -0.05) is 17.3 Å². The van der Waals surface area contributed by atoms with E-state index in [1.807, 2.05) is 6.07 Å². The monoisotopic (exact) mass is 190 g/mol. The van der Waals surface area contributed by atoms with Crippen LogP contribution in [0.2, 0.25) is 0 Å². The first-order chi connectivity index (χ1) is 6.93. The molecule has 0 radical (unpaired) electrons. The van der Waals surface area contributed by atoms with Gasteiger partial charge in [0.05, 0.1) is 12.7 Å². The average molecular weight is 190 g/mol. The lowest BCUT2D eigenvalue weighted by molar-refractivity contribution is 0.158. The van der Waals surface area contributed by atoms with Gasteiger partial charge in [0.25, 0.3) is 0 Å². The molecule has 3 nitrogen and oxygen atoms in total. The number of nitrogens with zero attached hydrogens (tertiary/aromatic N) is 1. The van der Waals surface area contributed by atoms with Gasteiger partial charge in [0.1, 0.15) is 5.76 Å². The van der Waals surface area contributed by atoms with E-state index >= 15 is 0 Å². The van der Waals surface area contributed by atoms with Crippen molar-refractivity contribution in [1.82, 2.24) is 10.5 Å². The van der Waals surface area contributed by atoms with Crippen LogP contribution in [0.3, 0.4) is 0 Å². The van der Waals surface area contributed by atoms with Gasteiger partial charge in [0.2, 0.25) is 0 Å². The lowest BCUT2D eigenvalue weighted by Crippen LogP contribution is -2.47. The van der Waals surface area contributed by atoms with Gasteiger partial charge in [-0.25, -0.2) is 0 Å². The number of fused-ring (bicyclic) bond motifs is 1. The topological polar surface area (TPSA) is 38.1 Å². The van der Waals surface area contributed by atoms with Crippen molar-refractivity contribution in [2.75, 3.05) is 0 Å². The van der Waals surface area contributed by atoms with Crippen LogP contribution in [-0.4, -0.2) is 11.2 Å². The van der Waals surface area contributed by atoms with Crippen LogP contribution in [0, 0.1) is 11.8 Å². The molecule has 0 amide bonds. The van der Waals surface area contributed by atoms with Gasteiger partial charge in [-0.15, -0.1) is 0 Å². The summed E-state index contributed by atoms with van der Waals surface area (Å²) in [4.78, 5) is 0. The molecule has 1 aromatic heterocycles.